The van der Waals surface area contributed by atoms with Gasteiger partial charge >= 0.3 is 36.6 Å². The second-order valence-corrected chi connectivity index (χ2v) is 5.21. The monoisotopic (exact) mass is 384 g/mol. The molecule has 0 aromatic heterocycles. The van der Waals surface area contributed by atoms with Gasteiger partial charge in [0.05, 0.1) is 0 Å². The van der Waals surface area contributed by atoms with Crippen LogP contribution in [-0.2, 0) is 10.1 Å². The zero-order chi connectivity index (χ0) is 18.3. The van der Waals surface area contributed by atoms with E-state index < -0.39 is 52.2 Å². The van der Waals surface area contributed by atoms with Gasteiger partial charge in [-0.25, -0.2) is 30.4 Å². The Labute approximate surface area is 133 Å². The van der Waals surface area contributed by atoms with E-state index in [4.69, 9.17) is 0 Å². The molecule has 3 atom stereocenters. The van der Waals surface area contributed by atoms with Gasteiger partial charge in [-0.05, 0) is 0 Å². The fourth-order valence-corrected chi connectivity index (χ4v) is 1.56. The molecule has 0 aliphatic carbocycles. The summed E-state index contributed by atoms with van der Waals surface area (Å²) >= 11 is 0. The first kappa shape index (κ1) is 25.0. The minimum atomic E-state index is -7.31. The van der Waals surface area contributed by atoms with Gasteiger partial charge in [0, 0.05) is 0 Å². The van der Waals surface area contributed by atoms with E-state index in [1.807, 2.05) is 0 Å². The quantitative estimate of drug-likeness (QED) is 0.344. The molecule has 0 saturated carbocycles. The zero-order valence-electron chi connectivity index (χ0n) is 10.6. The number of alkyl halides is 11. The molecule has 0 fully saturated rings. The Morgan fingerprint density at radius 2 is 1.13 bits per heavy atom. The van der Waals surface area contributed by atoms with Crippen molar-refractivity contribution in [3.05, 3.63) is 0 Å². The fourth-order valence-electron chi connectivity index (χ4n) is 1.05. The second-order valence-electron chi connectivity index (χ2n) is 3.81. The average molecular weight is 384 g/mol. The number of hydrogen-bond acceptors (Lipinski definition) is 3. The van der Waals surface area contributed by atoms with Crippen LogP contribution in [0.1, 0.15) is 0 Å². The van der Waals surface area contributed by atoms with Gasteiger partial charge in [0.15, 0.2) is 6.17 Å². The normalized spacial score (nSPS) is 18.3. The molecular formula is C7H4F11LiO3S. The molecular weight excluding hydrogens is 380 g/mol. The van der Waals surface area contributed by atoms with Crippen LogP contribution in [0.3, 0.4) is 0 Å². The van der Waals surface area contributed by atoms with E-state index in [0.29, 0.717) is 0 Å². The van der Waals surface area contributed by atoms with Crippen LogP contribution in [-0.4, -0.2) is 55.0 Å². The van der Waals surface area contributed by atoms with Gasteiger partial charge in [-0.1, -0.05) is 0 Å². The van der Waals surface area contributed by atoms with Crippen molar-refractivity contribution in [3.8, 4) is 0 Å². The van der Waals surface area contributed by atoms with Crippen LogP contribution in [0.4, 0.5) is 48.3 Å². The SMILES string of the molecule is O=S(=O)([O-])C(F)C(F)(F)C(F)(F)C(F)(F)C(F)C(F)C(F)F.[Li+]. The minimum Gasteiger partial charge on any atom is -0.746 e. The number of rotatable bonds is 7. The molecule has 0 radical (unpaired) electrons. The first-order valence-corrected chi connectivity index (χ1v) is 6.18. The molecule has 3 nitrogen and oxygen atoms in total. The van der Waals surface area contributed by atoms with E-state index in [1.165, 1.54) is 0 Å². The molecule has 0 aromatic carbocycles. The maximum atomic E-state index is 12.8. The molecule has 0 amide bonds. The van der Waals surface area contributed by atoms with Gasteiger partial charge in [-0.3, -0.25) is 0 Å². The summed E-state index contributed by atoms with van der Waals surface area (Å²) in [5.74, 6) is -21.3. The molecule has 0 heterocycles. The van der Waals surface area contributed by atoms with E-state index in [2.05, 4.69) is 0 Å². The van der Waals surface area contributed by atoms with Gasteiger partial charge in [0.2, 0.25) is 6.17 Å². The molecule has 0 rings (SSSR count). The smallest absolute Gasteiger partial charge is 0.746 e. The van der Waals surface area contributed by atoms with Gasteiger partial charge in [0.25, 0.3) is 11.9 Å². The zero-order valence-corrected chi connectivity index (χ0v) is 11.4. The van der Waals surface area contributed by atoms with Gasteiger partial charge in [-0.15, -0.1) is 0 Å². The van der Waals surface area contributed by atoms with Crippen LogP contribution in [0.2, 0.25) is 0 Å². The third-order valence-corrected chi connectivity index (χ3v) is 3.05. The number of halogens is 11. The van der Waals surface area contributed by atoms with Crippen molar-refractivity contribution in [3.63, 3.8) is 0 Å². The van der Waals surface area contributed by atoms with E-state index in [9.17, 15) is 61.3 Å². The average Bonchev–Trinajstić information content (AvgIpc) is 2.33. The molecule has 16 heteroatoms. The minimum absolute atomic E-state index is 0. The Balaban J connectivity index is 0. The van der Waals surface area contributed by atoms with E-state index in [-0.39, 0.29) is 18.9 Å². The molecule has 0 N–H and O–H groups in total. The van der Waals surface area contributed by atoms with Crippen LogP contribution in [0.25, 0.3) is 0 Å². The predicted molar refractivity (Wildman–Crippen MR) is 45.2 cm³/mol. The predicted octanol–water partition coefficient (Wildman–Crippen LogP) is -0.322. The molecule has 23 heavy (non-hydrogen) atoms. The summed E-state index contributed by atoms with van der Waals surface area (Å²) in [7, 11) is -6.91. The Hall–Kier alpha value is -0.263. The van der Waals surface area contributed by atoms with E-state index in [1.54, 1.807) is 0 Å². The third kappa shape index (κ3) is 4.43. The summed E-state index contributed by atoms with van der Waals surface area (Å²) in [6, 6.07) is 0. The molecule has 0 spiro atoms. The molecule has 0 bridgehead atoms. The molecule has 0 aromatic rings. The second kappa shape index (κ2) is 7.32. The third-order valence-electron chi connectivity index (χ3n) is 2.24. The Kier molecular flexibility index (Phi) is 7.95. The summed E-state index contributed by atoms with van der Waals surface area (Å²) in [5.41, 5.74) is -5.46. The van der Waals surface area contributed by atoms with Crippen molar-refractivity contribution in [1.29, 1.82) is 0 Å². The van der Waals surface area contributed by atoms with Crippen molar-refractivity contribution in [2.75, 3.05) is 0 Å². The van der Waals surface area contributed by atoms with E-state index in [0.717, 1.165) is 0 Å². The summed E-state index contributed by atoms with van der Waals surface area (Å²) in [4.78, 5) is 0. The standard InChI is InChI=1S/C7H5F11O3S.Li/c8-1(3(10)11)2(9)5(13,14)7(17,18)6(15,16)4(12)22(19,20)21;/h1-4H,(H,19,20,21);/q;+1/p-1. The van der Waals surface area contributed by atoms with Crippen molar-refractivity contribution in [2.24, 2.45) is 0 Å². The number of hydrogen-bond donors (Lipinski definition) is 0. The van der Waals surface area contributed by atoms with Crippen LogP contribution < -0.4 is 18.9 Å². The topological polar surface area (TPSA) is 57.2 Å². The van der Waals surface area contributed by atoms with Gasteiger partial charge in [0.1, 0.15) is 10.1 Å². The molecule has 0 aliphatic rings. The van der Waals surface area contributed by atoms with E-state index >= 15 is 0 Å². The van der Waals surface area contributed by atoms with Gasteiger partial charge < -0.3 is 4.55 Å². The first-order valence-electron chi connectivity index (χ1n) is 4.70. The summed E-state index contributed by atoms with van der Waals surface area (Å²) in [6.45, 7) is 0. The summed E-state index contributed by atoms with van der Waals surface area (Å²) < 4.78 is 167. The summed E-state index contributed by atoms with van der Waals surface area (Å²) in [5, 5.41) is 0. The Morgan fingerprint density at radius 1 is 0.783 bits per heavy atom. The van der Waals surface area contributed by atoms with Crippen LogP contribution in [0, 0.1) is 0 Å². The van der Waals surface area contributed by atoms with Crippen LogP contribution in [0.15, 0.2) is 0 Å². The molecule has 0 aliphatic heterocycles. The Morgan fingerprint density at radius 3 is 1.39 bits per heavy atom. The summed E-state index contributed by atoms with van der Waals surface area (Å²) in [6.07, 6.45) is -14.5. The van der Waals surface area contributed by atoms with Crippen molar-refractivity contribution in [1.82, 2.24) is 0 Å². The molecule has 3 unspecified atom stereocenters. The van der Waals surface area contributed by atoms with Crippen molar-refractivity contribution < 1.29 is 80.1 Å². The van der Waals surface area contributed by atoms with Gasteiger partial charge in [-0.2, -0.15) is 26.3 Å². The fraction of sp³-hybridized carbons (Fsp3) is 1.00. The van der Waals surface area contributed by atoms with Crippen molar-refractivity contribution >= 4 is 10.1 Å². The van der Waals surface area contributed by atoms with Crippen molar-refractivity contribution in [2.45, 2.75) is 42.0 Å². The van der Waals surface area contributed by atoms with Crippen LogP contribution in [0.5, 0.6) is 0 Å². The maximum Gasteiger partial charge on any atom is 1.00 e. The first-order chi connectivity index (χ1) is 9.42. The maximum absolute atomic E-state index is 12.8. The molecule has 134 valence electrons. The largest absolute Gasteiger partial charge is 1.00 e. The Bertz CT molecular complexity index is 496. The van der Waals surface area contributed by atoms with Crippen LogP contribution >= 0.6 is 0 Å². The molecule has 0 saturated heterocycles.